The van der Waals surface area contributed by atoms with Crippen LogP contribution in [0, 0.1) is 11.6 Å². The van der Waals surface area contributed by atoms with Crippen LogP contribution in [-0.2, 0) is 0 Å². The molecule has 0 aliphatic heterocycles. The van der Waals surface area contributed by atoms with Crippen LogP contribution in [-0.4, -0.2) is 21.9 Å². The summed E-state index contributed by atoms with van der Waals surface area (Å²) in [6, 6.07) is 8.41. The van der Waals surface area contributed by atoms with E-state index in [4.69, 9.17) is 18.8 Å². The molecule has 0 aliphatic rings. The number of methoxy groups -OCH3 is 2. The van der Waals surface area contributed by atoms with Crippen molar-refractivity contribution in [3.8, 4) is 23.0 Å². The maximum atomic E-state index is 13.4. The van der Waals surface area contributed by atoms with Crippen LogP contribution in [0.4, 0.5) is 8.78 Å². The van der Waals surface area contributed by atoms with E-state index in [1.54, 1.807) is 0 Å². The quantitative estimate of drug-likeness (QED) is 0.767. The van der Waals surface area contributed by atoms with Gasteiger partial charge in [0.2, 0.25) is 0 Å². The Bertz CT molecular complexity index is 568. The second kappa shape index (κ2) is 6.83. The number of hydrogen-bond acceptors (Lipinski definition) is 4. The molecular weight excluding hydrogens is 281 g/mol. The maximum Gasteiger partial charge on any atom is 0.658 e. The molecule has 1 radical (unpaired) electrons. The lowest BCUT2D eigenvalue weighted by molar-refractivity contribution is 0.349. The van der Waals surface area contributed by atoms with Crippen LogP contribution in [0.1, 0.15) is 0 Å². The molecule has 4 nitrogen and oxygen atoms in total. The van der Waals surface area contributed by atoms with E-state index in [1.165, 1.54) is 50.6 Å². The maximum absolute atomic E-state index is 13.4. The molecule has 0 spiro atoms. The summed E-state index contributed by atoms with van der Waals surface area (Å²) in [4.78, 5) is 0. The molecule has 21 heavy (non-hydrogen) atoms. The van der Waals surface area contributed by atoms with Crippen molar-refractivity contribution in [1.29, 1.82) is 0 Å². The molecule has 109 valence electrons. The Balaban J connectivity index is 2.06. The first kappa shape index (κ1) is 15.0. The van der Waals surface area contributed by atoms with Gasteiger partial charge in [-0.1, -0.05) is 12.1 Å². The van der Waals surface area contributed by atoms with Gasteiger partial charge in [0.05, 0.1) is 14.2 Å². The Morgan fingerprint density at radius 2 is 1.19 bits per heavy atom. The molecule has 0 fully saturated rings. The molecule has 0 saturated heterocycles. The minimum atomic E-state index is -0.563. The molecule has 7 heteroatoms. The van der Waals surface area contributed by atoms with Crippen molar-refractivity contribution in [3.05, 3.63) is 48.0 Å². The number of ether oxygens (including phenoxy) is 2. The first-order valence-electron chi connectivity index (χ1n) is 5.97. The van der Waals surface area contributed by atoms with E-state index in [0.717, 1.165) is 7.69 Å². The Morgan fingerprint density at radius 1 is 0.762 bits per heavy atom. The van der Waals surface area contributed by atoms with Gasteiger partial charge < -0.3 is 18.8 Å². The third-order valence-corrected chi connectivity index (χ3v) is 2.62. The Labute approximate surface area is 121 Å². The summed E-state index contributed by atoms with van der Waals surface area (Å²) in [6.45, 7) is 0. The van der Waals surface area contributed by atoms with Crippen LogP contribution in [0.5, 0.6) is 23.0 Å². The van der Waals surface area contributed by atoms with Crippen molar-refractivity contribution in [2.24, 2.45) is 0 Å². The molecule has 2 aromatic carbocycles. The van der Waals surface area contributed by atoms with Gasteiger partial charge in [-0.05, 0) is 24.3 Å². The van der Waals surface area contributed by atoms with Gasteiger partial charge in [-0.25, -0.2) is 8.78 Å². The molecule has 2 rings (SSSR count). The van der Waals surface area contributed by atoms with Crippen molar-refractivity contribution in [2.75, 3.05) is 14.2 Å². The zero-order valence-corrected chi connectivity index (χ0v) is 11.4. The van der Waals surface area contributed by atoms with Crippen molar-refractivity contribution in [3.63, 3.8) is 0 Å². The lowest BCUT2D eigenvalue weighted by Gasteiger charge is -2.12. The Morgan fingerprint density at radius 3 is 1.57 bits per heavy atom. The fourth-order valence-electron chi connectivity index (χ4n) is 1.69. The van der Waals surface area contributed by atoms with Crippen LogP contribution in [0.15, 0.2) is 36.4 Å². The van der Waals surface area contributed by atoms with E-state index < -0.39 is 11.6 Å². The molecule has 0 saturated carbocycles. The van der Waals surface area contributed by atoms with E-state index in [2.05, 4.69) is 0 Å². The van der Waals surface area contributed by atoms with Gasteiger partial charge in [0.25, 0.3) is 0 Å². The summed E-state index contributed by atoms with van der Waals surface area (Å²) in [7, 11) is 3.58. The zero-order valence-electron chi connectivity index (χ0n) is 11.4. The smallest absolute Gasteiger partial charge is 0.524 e. The number of hydrogen-bond donors (Lipinski definition) is 0. The third kappa shape index (κ3) is 3.36. The van der Waals surface area contributed by atoms with E-state index in [1.807, 2.05) is 0 Å². The van der Waals surface area contributed by atoms with Crippen LogP contribution in [0.2, 0.25) is 0 Å². The predicted molar refractivity (Wildman–Crippen MR) is 72.9 cm³/mol. The monoisotopic (exact) mass is 293 g/mol. The first-order valence-corrected chi connectivity index (χ1v) is 5.97. The van der Waals surface area contributed by atoms with E-state index in [9.17, 15) is 8.78 Å². The fourth-order valence-corrected chi connectivity index (χ4v) is 1.69. The Kier molecular flexibility index (Phi) is 4.87. The van der Waals surface area contributed by atoms with E-state index in [-0.39, 0.29) is 23.0 Å². The van der Waals surface area contributed by atoms with Gasteiger partial charge in [-0.3, -0.25) is 0 Å². The third-order valence-electron chi connectivity index (χ3n) is 2.62. The number of halogens is 2. The standard InChI is InChI=1S/C14H12BF2O4/c1-18-13-9(16)5-3-7-11(13)20-15-21-12-8-4-6-10(17)14(12)19-2/h3-8H,1-2H3. The average molecular weight is 293 g/mol. The minimum Gasteiger partial charge on any atom is -0.524 e. The molecule has 0 N–H and O–H groups in total. The highest BCUT2D eigenvalue weighted by Crippen LogP contribution is 2.31. The fraction of sp³-hybridized carbons (Fsp3) is 0.143. The van der Waals surface area contributed by atoms with Gasteiger partial charge in [0, 0.05) is 0 Å². The molecule has 0 aromatic heterocycles. The number of rotatable bonds is 6. The molecule has 0 unspecified atom stereocenters. The largest absolute Gasteiger partial charge is 0.658 e. The van der Waals surface area contributed by atoms with Gasteiger partial charge in [-0.15, -0.1) is 0 Å². The highest BCUT2D eigenvalue weighted by molar-refractivity contribution is 6.21. The minimum absolute atomic E-state index is 0.0523. The number of para-hydroxylation sites is 2. The topological polar surface area (TPSA) is 36.9 Å². The summed E-state index contributed by atoms with van der Waals surface area (Å²) in [6.07, 6.45) is 0. The van der Waals surface area contributed by atoms with Crippen molar-refractivity contribution < 1.29 is 27.6 Å². The average Bonchev–Trinajstić information content (AvgIpc) is 2.47. The van der Waals surface area contributed by atoms with Gasteiger partial charge >= 0.3 is 7.69 Å². The summed E-state index contributed by atoms with van der Waals surface area (Å²) in [5.74, 6) is -0.966. The SMILES string of the molecule is COc1c(F)cccc1O[B]Oc1cccc(F)c1OC. The number of benzene rings is 2. The van der Waals surface area contributed by atoms with Crippen LogP contribution < -0.4 is 18.8 Å². The van der Waals surface area contributed by atoms with Crippen molar-refractivity contribution in [1.82, 2.24) is 0 Å². The highest BCUT2D eigenvalue weighted by Gasteiger charge is 2.14. The van der Waals surface area contributed by atoms with E-state index in [0.29, 0.717) is 0 Å². The Hall–Kier alpha value is -2.44. The lowest BCUT2D eigenvalue weighted by Crippen LogP contribution is -2.12. The molecule has 0 bridgehead atoms. The van der Waals surface area contributed by atoms with Crippen molar-refractivity contribution in [2.45, 2.75) is 0 Å². The summed E-state index contributed by atoms with van der Waals surface area (Å²) in [5, 5.41) is 0. The second-order valence-corrected chi connectivity index (χ2v) is 3.87. The van der Waals surface area contributed by atoms with Crippen molar-refractivity contribution >= 4 is 7.69 Å². The summed E-state index contributed by atoms with van der Waals surface area (Å²) < 4.78 is 47.0. The molecule has 0 amide bonds. The highest BCUT2D eigenvalue weighted by atomic mass is 19.1. The zero-order chi connectivity index (χ0) is 15.2. The van der Waals surface area contributed by atoms with Crippen LogP contribution in [0.25, 0.3) is 0 Å². The lowest BCUT2D eigenvalue weighted by atomic mass is 10.2. The summed E-state index contributed by atoms with van der Waals surface area (Å²) >= 11 is 0. The first-order chi connectivity index (χ1) is 10.2. The summed E-state index contributed by atoms with van der Waals surface area (Å²) in [5.41, 5.74) is 0. The van der Waals surface area contributed by atoms with Gasteiger partial charge in [-0.2, -0.15) is 0 Å². The predicted octanol–water partition coefficient (Wildman–Crippen LogP) is 2.97. The van der Waals surface area contributed by atoms with E-state index >= 15 is 0 Å². The van der Waals surface area contributed by atoms with Crippen LogP contribution >= 0.6 is 0 Å². The second-order valence-electron chi connectivity index (χ2n) is 3.87. The molecule has 0 aliphatic carbocycles. The molecule has 2 aromatic rings. The van der Waals surface area contributed by atoms with Crippen LogP contribution in [0.3, 0.4) is 0 Å². The molecule has 0 atom stereocenters. The van der Waals surface area contributed by atoms with Gasteiger partial charge in [0.15, 0.2) is 23.1 Å². The molecular formula is C14H12BF2O4. The molecule has 0 heterocycles. The van der Waals surface area contributed by atoms with Gasteiger partial charge in [0.1, 0.15) is 11.5 Å². The normalized spacial score (nSPS) is 9.90.